The Labute approximate surface area is 97.9 Å². The van der Waals surface area contributed by atoms with Crippen molar-refractivity contribution in [3.8, 4) is 0 Å². The average Bonchev–Trinajstić information content (AvgIpc) is 2.28. The first kappa shape index (κ1) is 12.7. The minimum absolute atomic E-state index is 0.407. The van der Waals surface area contributed by atoms with Gasteiger partial charge in [-0.15, -0.1) is 0 Å². The molecule has 0 radical (unpaired) electrons. The maximum absolute atomic E-state index is 4.32. The normalized spacial score (nSPS) is 12.6. The van der Waals surface area contributed by atoms with Crippen LogP contribution in [-0.4, -0.2) is 23.1 Å². The van der Waals surface area contributed by atoms with E-state index in [2.05, 4.69) is 48.3 Å². The molecule has 0 aliphatic heterocycles. The molecule has 1 aromatic heterocycles. The molecule has 0 spiro atoms. The molecular weight excluding hydrogens is 200 g/mol. The molecule has 0 saturated carbocycles. The Morgan fingerprint density at radius 3 is 2.31 bits per heavy atom. The molecule has 4 heteroatoms. The summed E-state index contributed by atoms with van der Waals surface area (Å²) in [6, 6.07) is 0.407. The van der Waals surface area contributed by atoms with Gasteiger partial charge >= 0.3 is 0 Å². The predicted octanol–water partition coefficient (Wildman–Crippen LogP) is 2.54. The summed E-state index contributed by atoms with van der Waals surface area (Å²) in [7, 11) is 1.89. The van der Waals surface area contributed by atoms with Gasteiger partial charge in [-0.25, -0.2) is 9.97 Å². The van der Waals surface area contributed by atoms with Crippen LogP contribution in [0.5, 0.6) is 0 Å². The van der Waals surface area contributed by atoms with E-state index in [9.17, 15) is 0 Å². The van der Waals surface area contributed by atoms with Gasteiger partial charge < -0.3 is 10.6 Å². The molecule has 1 heterocycles. The van der Waals surface area contributed by atoms with Gasteiger partial charge in [-0.1, -0.05) is 20.8 Å². The summed E-state index contributed by atoms with van der Waals surface area (Å²) >= 11 is 0. The number of nitrogens with zero attached hydrogens (tertiary/aromatic N) is 2. The van der Waals surface area contributed by atoms with Crippen LogP contribution >= 0.6 is 0 Å². The van der Waals surface area contributed by atoms with Crippen LogP contribution in [0.1, 0.15) is 33.3 Å². The van der Waals surface area contributed by atoms with E-state index in [1.165, 1.54) is 0 Å². The van der Waals surface area contributed by atoms with Crippen LogP contribution in [0, 0.1) is 5.92 Å². The Bertz CT molecular complexity index is 336. The second-order valence-corrected chi connectivity index (χ2v) is 4.33. The fourth-order valence-corrected chi connectivity index (χ4v) is 1.47. The Hall–Kier alpha value is -1.32. The molecular formula is C12H22N4. The average molecular weight is 222 g/mol. The van der Waals surface area contributed by atoms with Gasteiger partial charge in [0.05, 0.1) is 0 Å². The topological polar surface area (TPSA) is 49.8 Å². The molecule has 1 atom stereocenters. The summed E-state index contributed by atoms with van der Waals surface area (Å²) in [5.41, 5.74) is 1.15. The third kappa shape index (κ3) is 2.84. The number of nitrogens with one attached hydrogen (secondary N) is 2. The predicted molar refractivity (Wildman–Crippen MR) is 68.9 cm³/mol. The molecule has 0 aliphatic rings. The maximum atomic E-state index is 4.32. The third-order valence-electron chi connectivity index (χ3n) is 2.90. The Morgan fingerprint density at radius 1 is 1.19 bits per heavy atom. The molecule has 90 valence electrons. The summed E-state index contributed by atoms with van der Waals surface area (Å²) in [5.74, 6) is 2.44. The molecule has 2 N–H and O–H groups in total. The first-order valence-electron chi connectivity index (χ1n) is 5.88. The van der Waals surface area contributed by atoms with E-state index < -0.39 is 0 Å². The van der Waals surface area contributed by atoms with Gasteiger partial charge in [0, 0.05) is 18.7 Å². The van der Waals surface area contributed by atoms with Crippen molar-refractivity contribution < 1.29 is 0 Å². The second kappa shape index (κ2) is 5.68. The van der Waals surface area contributed by atoms with Gasteiger partial charge in [0.15, 0.2) is 0 Å². The minimum Gasteiger partial charge on any atom is -0.373 e. The highest BCUT2D eigenvalue weighted by Gasteiger charge is 2.12. The van der Waals surface area contributed by atoms with Crippen LogP contribution in [0.3, 0.4) is 0 Å². The monoisotopic (exact) mass is 222 g/mol. The number of aromatic nitrogens is 2. The van der Waals surface area contributed by atoms with Crippen LogP contribution in [0.2, 0.25) is 0 Å². The lowest BCUT2D eigenvalue weighted by Gasteiger charge is -2.20. The van der Waals surface area contributed by atoms with E-state index >= 15 is 0 Å². The fourth-order valence-electron chi connectivity index (χ4n) is 1.47. The highest BCUT2D eigenvalue weighted by atomic mass is 15.1. The quantitative estimate of drug-likeness (QED) is 0.804. The maximum Gasteiger partial charge on any atom is 0.134 e. The highest BCUT2D eigenvalue weighted by molar-refractivity contribution is 5.57. The van der Waals surface area contributed by atoms with Gasteiger partial charge in [0.25, 0.3) is 0 Å². The molecule has 0 saturated heterocycles. The molecule has 0 fully saturated rings. The highest BCUT2D eigenvalue weighted by Crippen LogP contribution is 2.21. The summed E-state index contributed by atoms with van der Waals surface area (Å²) in [4.78, 5) is 8.54. The van der Waals surface area contributed by atoms with Crippen LogP contribution in [0.4, 0.5) is 11.6 Å². The van der Waals surface area contributed by atoms with E-state index in [4.69, 9.17) is 0 Å². The second-order valence-electron chi connectivity index (χ2n) is 4.33. The van der Waals surface area contributed by atoms with E-state index in [0.29, 0.717) is 12.0 Å². The van der Waals surface area contributed by atoms with Gasteiger partial charge in [0.1, 0.15) is 18.0 Å². The van der Waals surface area contributed by atoms with Gasteiger partial charge in [-0.05, 0) is 19.3 Å². The molecule has 0 aromatic carbocycles. The summed E-state index contributed by atoms with van der Waals surface area (Å²) in [6.07, 6.45) is 2.52. The lowest BCUT2D eigenvalue weighted by atomic mass is 10.1. The third-order valence-corrected chi connectivity index (χ3v) is 2.90. The molecule has 4 nitrogen and oxygen atoms in total. The van der Waals surface area contributed by atoms with Gasteiger partial charge in [-0.3, -0.25) is 0 Å². The zero-order valence-corrected chi connectivity index (χ0v) is 10.8. The lowest BCUT2D eigenvalue weighted by Crippen LogP contribution is -2.23. The van der Waals surface area contributed by atoms with Crippen molar-refractivity contribution in [2.75, 3.05) is 17.7 Å². The standard InChI is InChI=1S/C12H22N4/c1-6-10-11(13-5)14-7-15-12(10)16-9(4)8(2)3/h7-9H,6H2,1-5H3,(H2,13,14,15,16). The van der Waals surface area contributed by atoms with Crippen molar-refractivity contribution in [1.29, 1.82) is 0 Å². The zero-order chi connectivity index (χ0) is 12.1. The summed E-state index contributed by atoms with van der Waals surface area (Å²) in [5, 5.41) is 6.54. The largest absolute Gasteiger partial charge is 0.373 e. The van der Waals surface area contributed by atoms with Gasteiger partial charge in [-0.2, -0.15) is 0 Å². The number of anilines is 2. The number of hydrogen-bond donors (Lipinski definition) is 2. The Morgan fingerprint density at radius 2 is 1.81 bits per heavy atom. The van der Waals surface area contributed by atoms with Crippen molar-refractivity contribution in [2.24, 2.45) is 5.92 Å². The molecule has 0 aliphatic carbocycles. The Kier molecular flexibility index (Phi) is 4.52. The molecule has 1 unspecified atom stereocenters. The van der Waals surface area contributed by atoms with Gasteiger partial charge in [0.2, 0.25) is 0 Å². The number of hydrogen-bond acceptors (Lipinski definition) is 4. The fraction of sp³-hybridized carbons (Fsp3) is 0.667. The van der Waals surface area contributed by atoms with E-state index in [-0.39, 0.29) is 0 Å². The first-order valence-corrected chi connectivity index (χ1v) is 5.88. The molecule has 0 amide bonds. The van der Waals surface area contributed by atoms with E-state index in [1.807, 2.05) is 7.05 Å². The van der Waals surface area contributed by atoms with Crippen LogP contribution in [0.25, 0.3) is 0 Å². The van der Waals surface area contributed by atoms with Crippen molar-refractivity contribution in [1.82, 2.24) is 9.97 Å². The van der Waals surface area contributed by atoms with Crippen molar-refractivity contribution in [3.05, 3.63) is 11.9 Å². The minimum atomic E-state index is 0.407. The summed E-state index contributed by atoms with van der Waals surface area (Å²) in [6.45, 7) is 8.68. The SMILES string of the molecule is CCc1c(NC)ncnc1NC(C)C(C)C. The smallest absolute Gasteiger partial charge is 0.134 e. The van der Waals surface area contributed by atoms with Crippen molar-refractivity contribution >= 4 is 11.6 Å². The summed E-state index contributed by atoms with van der Waals surface area (Å²) < 4.78 is 0. The first-order chi connectivity index (χ1) is 7.60. The van der Waals surface area contributed by atoms with E-state index in [0.717, 1.165) is 23.6 Å². The van der Waals surface area contributed by atoms with E-state index in [1.54, 1.807) is 6.33 Å². The van der Waals surface area contributed by atoms with Crippen LogP contribution < -0.4 is 10.6 Å². The zero-order valence-electron chi connectivity index (χ0n) is 10.8. The molecule has 16 heavy (non-hydrogen) atoms. The van der Waals surface area contributed by atoms with Crippen molar-refractivity contribution in [3.63, 3.8) is 0 Å². The van der Waals surface area contributed by atoms with Crippen LogP contribution in [-0.2, 0) is 6.42 Å². The van der Waals surface area contributed by atoms with Crippen molar-refractivity contribution in [2.45, 2.75) is 40.2 Å². The lowest BCUT2D eigenvalue weighted by molar-refractivity contribution is 0.557. The Balaban J connectivity index is 2.95. The molecule has 1 rings (SSSR count). The van der Waals surface area contributed by atoms with Crippen LogP contribution in [0.15, 0.2) is 6.33 Å². The number of rotatable bonds is 5. The molecule has 0 bridgehead atoms. The molecule has 1 aromatic rings.